The highest BCUT2D eigenvalue weighted by Gasteiger charge is 2.18. The summed E-state index contributed by atoms with van der Waals surface area (Å²) in [6, 6.07) is 18.2. The fraction of sp³-hybridized carbons (Fsp3) is 0.208. The highest BCUT2D eigenvalue weighted by Crippen LogP contribution is 2.28. The molecule has 0 amide bonds. The van der Waals surface area contributed by atoms with Crippen LogP contribution < -0.4 is 4.90 Å². The third-order valence-electron chi connectivity index (χ3n) is 5.96. The summed E-state index contributed by atoms with van der Waals surface area (Å²) in [7, 11) is 0. The number of aliphatic hydroxyl groups is 1. The Morgan fingerprint density at radius 2 is 1.58 bits per heavy atom. The number of fused-ring (bicyclic) bond motifs is 2. The summed E-state index contributed by atoms with van der Waals surface area (Å²) in [6.07, 6.45) is 3.23. The maximum Gasteiger partial charge on any atom is 0.157 e. The molecular formula is C24H22N6O. The standard InChI is InChI=1S/C24H22N6O/c31-17-8-11-30(12-9-17)16-5-7-19-22(14-16)28-23(26-19)15-4-6-18-21(13-15)29-24(27-18)20-3-1-2-10-25-20/h1-7,10,13-14,17,31H,8-9,11-12H2,(H,26,28)(H,27,29). The number of aliphatic hydroxyl groups excluding tert-OH is 1. The van der Waals surface area contributed by atoms with E-state index in [9.17, 15) is 5.11 Å². The number of anilines is 1. The number of aromatic amines is 2. The van der Waals surface area contributed by atoms with Crippen LogP contribution in [-0.4, -0.2) is 49.2 Å². The lowest BCUT2D eigenvalue weighted by atomic mass is 10.1. The predicted octanol–water partition coefficient (Wildman–Crippen LogP) is 4.13. The molecule has 7 nitrogen and oxygen atoms in total. The highest BCUT2D eigenvalue weighted by molar-refractivity contribution is 5.86. The molecule has 4 heterocycles. The van der Waals surface area contributed by atoms with Crippen LogP contribution in [0.1, 0.15) is 12.8 Å². The van der Waals surface area contributed by atoms with Gasteiger partial charge in [0, 0.05) is 30.5 Å². The number of piperidine rings is 1. The summed E-state index contributed by atoms with van der Waals surface area (Å²) in [5.41, 5.74) is 6.79. The van der Waals surface area contributed by atoms with Crippen LogP contribution in [0.5, 0.6) is 0 Å². The maximum atomic E-state index is 9.76. The first-order chi connectivity index (χ1) is 15.2. The lowest BCUT2D eigenvalue weighted by Gasteiger charge is -2.31. The van der Waals surface area contributed by atoms with E-state index < -0.39 is 0 Å². The topological polar surface area (TPSA) is 93.7 Å². The van der Waals surface area contributed by atoms with E-state index in [1.807, 2.05) is 30.3 Å². The smallest absolute Gasteiger partial charge is 0.157 e. The summed E-state index contributed by atoms with van der Waals surface area (Å²) < 4.78 is 0. The van der Waals surface area contributed by atoms with Crippen molar-refractivity contribution in [2.45, 2.75) is 18.9 Å². The Morgan fingerprint density at radius 3 is 2.39 bits per heavy atom. The van der Waals surface area contributed by atoms with Gasteiger partial charge in [0.25, 0.3) is 0 Å². The van der Waals surface area contributed by atoms with Crippen molar-refractivity contribution in [2.75, 3.05) is 18.0 Å². The van der Waals surface area contributed by atoms with E-state index in [0.717, 1.165) is 70.9 Å². The van der Waals surface area contributed by atoms with E-state index in [4.69, 9.17) is 4.98 Å². The molecule has 0 spiro atoms. The summed E-state index contributed by atoms with van der Waals surface area (Å²) >= 11 is 0. The molecular weight excluding hydrogens is 388 g/mol. The van der Waals surface area contributed by atoms with Crippen LogP contribution in [0.2, 0.25) is 0 Å². The van der Waals surface area contributed by atoms with Gasteiger partial charge in [-0.25, -0.2) is 9.97 Å². The first kappa shape index (κ1) is 18.1. The van der Waals surface area contributed by atoms with Crippen LogP contribution in [0.3, 0.4) is 0 Å². The van der Waals surface area contributed by atoms with Crippen LogP contribution >= 0.6 is 0 Å². The Hall–Kier alpha value is -3.71. The monoisotopic (exact) mass is 410 g/mol. The molecule has 31 heavy (non-hydrogen) atoms. The molecule has 2 aromatic carbocycles. The molecule has 0 unspecified atom stereocenters. The van der Waals surface area contributed by atoms with Gasteiger partial charge < -0.3 is 20.0 Å². The minimum absolute atomic E-state index is 0.172. The molecule has 0 atom stereocenters. The summed E-state index contributed by atoms with van der Waals surface area (Å²) in [5, 5.41) is 9.76. The van der Waals surface area contributed by atoms with Gasteiger partial charge >= 0.3 is 0 Å². The van der Waals surface area contributed by atoms with E-state index >= 15 is 0 Å². The van der Waals surface area contributed by atoms with Crippen LogP contribution in [-0.2, 0) is 0 Å². The van der Waals surface area contributed by atoms with Crippen molar-refractivity contribution in [1.82, 2.24) is 24.9 Å². The third-order valence-corrected chi connectivity index (χ3v) is 5.96. The van der Waals surface area contributed by atoms with E-state index in [1.165, 1.54) is 5.69 Å². The number of imidazole rings is 2. The Bertz CT molecular complexity index is 1370. The molecule has 0 aliphatic carbocycles. The van der Waals surface area contributed by atoms with Gasteiger partial charge in [-0.2, -0.15) is 0 Å². The Labute approximate surface area is 178 Å². The van der Waals surface area contributed by atoms with Gasteiger partial charge in [0.15, 0.2) is 5.82 Å². The van der Waals surface area contributed by atoms with Crippen molar-refractivity contribution in [2.24, 2.45) is 0 Å². The zero-order valence-corrected chi connectivity index (χ0v) is 16.9. The zero-order valence-electron chi connectivity index (χ0n) is 16.9. The Balaban J connectivity index is 1.33. The largest absolute Gasteiger partial charge is 0.393 e. The number of rotatable bonds is 3. The fourth-order valence-corrected chi connectivity index (χ4v) is 4.24. The average molecular weight is 410 g/mol. The zero-order chi connectivity index (χ0) is 20.8. The molecule has 1 aliphatic heterocycles. The summed E-state index contributed by atoms with van der Waals surface area (Å²) in [4.78, 5) is 23.0. The van der Waals surface area contributed by atoms with Gasteiger partial charge in [-0.1, -0.05) is 6.07 Å². The number of pyridine rings is 1. The second-order valence-electron chi connectivity index (χ2n) is 8.04. The van der Waals surface area contributed by atoms with Gasteiger partial charge in [-0.05, 0) is 61.4 Å². The number of H-pyrrole nitrogens is 2. The second-order valence-corrected chi connectivity index (χ2v) is 8.04. The van der Waals surface area contributed by atoms with Gasteiger partial charge in [0.2, 0.25) is 0 Å². The van der Waals surface area contributed by atoms with Gasteiger partial charge in [-0.15, -0.1) is 0 Å². The number of nitrogens with one attached hydrogen (secondary N) is 2. The minimum atomic E-state index is -0.172. The first-order valence-corrected chi connectivity index (χ1v) is 10.6. The predicted molar refractivity (Wildman–Crippen MR) is 122 cm³/mol. The number of nitrogens with zero attached hydrogens (tertiary/aromatic N) is 4. The molecule has 6 rings (SSSR count). The van der Waals surface area contributed by atoms with E-state index in [1.54, 1.807) is 6.20 Å². The molecule has 1 aliphatic rings. The van der Waals surface area contributed by atoms with Crippen molar-refractivity contribution in [3.8, 4) is 22.9 Å². The maximum absolute atomic E-state index is 9.76. The summed E-state index contributed by atoms with van der Waals surface area (Å²) in [5.74, 6) is 1.59. The molecule has 0 bridgehead atoms. The third kappa shape index (κ3) is 3.33. The normalized spacial score (nSPS) is 15.2. The molecule has 1 saturated heterocycles. The van der Waals surface area contributed by atoms with Crippen molar-refractivity contribution in [1.29, 1.82) is 0 Å². The fourth-order valence-electron chi connectivity index (χ4n) is 4.24. The van der Waals surface area contributed by atoms with Crippen molar-refractivity contribution in [3.05, 3.63) is 60.8 Å². The van der Waals surface area contributed by atoms with Crippen LogP contribution in [0.15, 0.2) is 60.8 Å². The van der Waals surface area contributed by atoms with Crippen molar-refractivity contribution in [3.63, 3.8) is 0 Å². The van der Waals surface area contributed by atoms with E-state index in [2.05, 4.69) is 49.1 Å². The number of aromatic nitrogens is 5. The Morgan fingerprint density at radius 1 is 0.839 bits per heavy atom. The molecule has 0 radical (unpaired) electrons. The van der Waals surface area contributed by atoms with Crippen molar-refractivity contribution < 1.29 is 5.11 Å². The number of hydrogen-bond donors (Lipinski definition) is 3. The van der Waals surface area contributed by atoms with Crippen LogP contribution in [0.4, 0.5) is 5.69 Å². The van der Waals surface area contributed by atoms with E-state index in [0.29, 0.717) is 0 Å². The lowest BCUT2D eigenvalue weighted by molar-refractivity contribution is 0.145. The average Bonchev–Trinajstić information content (AvgIpc) is 3.43. The molecule has 5 aromatic rings. The lowest BCUT2D eigenvalue weighted by Crippen LogP contribution is -2.35. The van der Waals surface area contributed by atoms with Crippen molar-refractivity contribution >= 4 is 27.8 Å². The quantitative estimate of drug-likeness (QED) is 0.416. The number of hydrogen-bond acceptors (Lipinski definition) is 5. The van der Waals surface area contributed by atoms with Gasteiger partial charge in [0.05, 0.1) is 28.2 Å². The van der Waals surface area contributed by atoms with Crippen LogP contribution in [0, 0.1) is 0 Å². The second kappa shape index (κ2) is 7.21. The van der Waals surface area contributed by atoms with Crippen LogP contribution in [0.25, 0.3) is 45.0 Å². The molecule has 154 valence electrons. The SMILES string of the molecule is OC1CCN(c2ccc3nc(-c4ccc5nc(-c6ccccn6)[nH]c5c4)[nH]c3c2)CC1. The molecule has 1 fully saturated rings. The molecule has 7 heteroatoms. The van der Waals surface area contributed by atoms with Gasteiger partial charge in [0.1, 0.15) is 11.5 Å². The van der Waals surface area contributed by atoms with Gasteiger partial charge in [-0.3, -0.25) is 4.98 Å². The first-order valence-electron chi connectivity index (χ1n) is 10.6. The highest BCUT2D eigenvalue weighted by atomic mass is 16.3. The van der Waals surface area contributed by atoms with E-state index in [-0.39, 0.29) is 6.10 Å². The number of benzene rings is 2. The molecule has 0 saturated carbocycles. The molecule has 3 N–H and O–H groups in total. The Kier molecular flexibility index (Phi) is 4.21. The molecule has 3 aromatic heterocycles. The minimum Gasteiger partial charge on any atom is -0.393 e. The summed E-state index contributed by atoms with van der Waals surface area (Å²) in [6.45, 7) is 1.76.